The lowest BCUT2D eigenvalue weighted by Gasteiger charge is -2.52. The molecule has 0 N–H and O–H groups in total. The van der Waals surface area contributed by atoms with Crippen LogP contribution in [-0.2, 0) is 11.8 Å². The number of allylic oxidation sites excluding steroid dienone is 6. The van der Waals surface area contributed by atoms with Gasteiger partial charge in [-0.1, -0.05) is 135 Å². The van der Waals surface area contributed by atoms with Crippen molar-refractivity contribution in [3.8, 4) is 0 Å². The van der Waals surface area contributed by atoms with E-state index in [4.69, 9.17) is 0 Å². The monoisotopic (exact) mass is 488 g/mol. The summed E-state index contributed by atoms with van der Waals surface area (Å²) in [5.41, 5.74) is 11.7. The molecule has 37 heavy (non-hydrogen) atoms. The largest absolute Gasteiger partial charge is 0.0728 e. The van der Waals surface area contributed by atoms with Crippen LogP contribution in [0.5, 0.6) is 0 Å². The molecule has 192 valence electrons. The van der Waals surface area contributed by atoms with Crippen LogP contribution >= 0.6 is 0 Å². The van der Waals surface area contributed by atoms with E-state index in [2.05, 4.69) is 142 Å². The summed E-state index contributed by atoms with van der Waals surface area (Å²) in [6, 6.07) is 20.4. The highest BCUT2D eigenvalue weighted by molar-refractivity contribution is 6.05. The summed E-state index contributed by atoms with van der Waals surface area (Å²) in [5, 5.41) is 2.68. The van der Waals surface area contributed by atoms with E-state index in [-0.39, 0.29) is 21.7 Å². The molecule has 0 aliphatic heterocycles. The fourth-order valence-corrected chi connectivity index (χ4v) is 7.28. The smallest absolute Gasteiger partial charge is 0.0171 e. The molecule has 0 saturated carbocycles. The predicted molar refractivity (Wildman–Crippen MR) is 163 cm³/mol. The molecule has 0 fully saturated rings. The third-order valence-electron chi connectivity index (χ3n) is 9.10. The van der Waals surface area contributed by atoms with Crippen LogP contribution in [0.3, 0.4) is 0 Å². The van der Waals surface area contributed by atoms with Crippen molar-refractivity contribution in [3.63, 3.8) is 0 Å². The topological polar surface area (TPSA) is 0 Å². The van der Waals surface area contributed by atoms with Gasteiger partial charge in [0.2, 0.25) is 0 Å². The SMILES string of the molecule is Cc1c(C(C)(C)C)ccc2c1C1=CC(C(C)(C)C)(C(C)(C)C)C=CC1=C2Cc1cccc2ccccc12. The van der Waals surface area contributed by atoms with Gasteiger partial charge in [-0.15, -0.1) is 0 Å². The fraction of sp³-hybridized carbons (Fsp3) is 0.405. The Labute approximate surface area is 225 Å². The molecule has 2 aliphatic rings. The van der Waals surface area contributed by atoms with Crippen LogP contribution in [0.25, 0.3) is 21.9 Å². The molecule has 0 nitrogen and oxygen atoms in total. The standard InChI is InChI=1S/C37H44/c1-24-32(34(2,3)4)19-18-29-30(22-26-16-13-15-25-14-11-12-17-27(25)26)28-20-21-37(35(5,6)7,36(8,9)10)23-31(28)33(24)29/h11-21,23H,22H2,1-10H3. The lowest BCUT2D eigenvalue weighted by atomic mass is 9.52. The van der Waals surface area contributed by atoms with Gasteiger partial charge in [-0.3, -0.25) is 0 Å². The first-order valence-corrected chi connectivity index (χ1v) is 13.9. The summed E-state index contributed by atoms with van der Waals surface area (Å²) in [4.78, 5) is 0. The highest BCUT2D eigenvalue weighted by Gasteiger charge is 2.49. The number of hydrogen-bond acceptors (Lipinski definition) is 0. The number of benzene rings is 3. The lowest BCUT2D eigenvalue weighted by molar-refractivity contribution is 0.0669. The molecule has 0 spiro atoms. The maximum atomic E-state index is 2.65. The quantitative estimate of drug-likeness (QED) is 0.336. The van der Waals surface area contributed by atoms with E-state index in [1.54, 1.807) is 0 Å². The summed E-state index contributed by atoms with van der Waals surface area (Å²) in [6.07, 6.45) is 8.59. The molecular formula is C37H44. The molecule has 0 bridgehead atoms. The number of rotatable bonds is 2. The molecular weight excluding hydrogens is 444 g/mol. The summed E-state index contributed by atoms with van der Waals surface area (Å²) >= 11 is 0. The van der Waals surface area contributed by atoms with Gasteiger partial charge in [0.1, 0.15) is 0 Å². The Balaban J connectivity index is 1.80. The zero-order valence-corrected chi connectivity index (χ0v) is 24.6. The average molecular weight is 489 g/mol. The third-order valence-corrected chi connectivity index (χ3v) is 9.10. The minimum absolute atomic E-state index is 0.0465. The zero-order valence-electron chi connectivity index (χ0n) is 24.6. The van der Waals surface area contributed by atoms with Crippen LogP contribution < -0.4 is 0 Å². The molecule has 0 aromatic heterocycles. The van der Waals surface area contributed by atoms with E-state index >= 15 is 0 Å². The fourth-order valence-electron chi connectivity index (χ4n) is 7.28. The molecule has 0 heterocycles. The van der Waals surface area contributed by atoms with Crippen molar-refractivity contribution in [3.05, 3.63) is 106 Å². The van der Waals surface area contributed by atoms with Crippen molar-refractivity contribution >= 4 is 21.9 Å². The molecule has 0 radical (unpaired) electrons. The Bertz CT molecular complexity index is 1460. The van der Waals surface area contributed by atoms with Crippen LogP contribution in [0.2, 0.25) is 0 Å². The normalized spacial score (nSPS) is 17.2. The third kappa shape index (κ3) is 3.96. The van der Waals surface area contributed by atoms with Crippen LogP contribution in [-0.4, -0.2) is 0 Å². The van der Waals surface area contributed by atoms with E-state index in [0.29, 0.717) is 0 Å². The Hall–Kier alpha value is -2.86. The average Bonchev–Trinajstić information content (AvgIpc) is 3.10. The van der Waals surface area contributed by atoms with Crippen LogP contribution in [0.4, 0.5) is 0 Å². The van der Waals surface area contributed by atoms with Gasteiger partial charge in [0.25, 0.3) is 0 Å². The van der Waals surface area contributed by atoms with Gasteiger partial charge >= 0.3 is 0 Å². The van der Waals surface area contributed by atoms with Crippen molar-refractivity contribution in [2.45, 2.75) is 81.1 Å². The summed E-state index contributed by atoms with van der Waals surface area (Å²) < 4.78 is 0. The van der Waals surface area contributed by atoms with Crippen molar-refractivity contribution in [2.75, 3.05) is 0 Å². The van der Waals surface area contributed by atoms with Gasteiger partial charge < -0.3 is 0 Å². The summed E-state index contributed by atoms with van der Waals surface area (Å²) in [6.45, 7) is 23.8. The van der Waals surface area contributed by atoms with E-state index in [0.717, 1.165) is 6.42 Å². The van der Waals surface area contributed by atoms with Crippen LogP contribution in [0, 0.1) is 23.2 Å². The van der Waals surface area contributed by atoms with Crippen LogP contribution in [0.15, 0.2) is 78.4 Å². The number of fused-ring (bicyclic) bond motifs is 4. The first kappa shape index (κ1) is 25.8. The van der Waals surface area contributed by atoms with Crippen molar-refractivity contribution in [2.24, 2.45) is 16.2 Å². The molecule has 0 atom stereocenters. The molecule has 0 amide bonds. The van der Waals surface area contributed by atoms with E-state index in [1.165, 1.54) is 55.3 Å². The first-order chi connectivity index (χ1) is 17.2. The second kappa shape index (κ2) is 8.32. The summed E-state index contributed by atoms with van der Waals surface area (Å²) in [7, 11) is 0. The summed E-state index contributed by atoms with van der Waals surface area (Å²) in [5.74, 6) is 0. The maximum absolute atomic E-state index is 2.65. The highest BCUT2D eigenvalue weighted by Crippen LogP contribution is 2.60. The molecule has 0 heteroatoms. The van der Waals surface area contributed by atoms with Gasteiger partial charge in [0, 0.05) is 5.41 Å². The van der Waals surface area contributed by atoms with Gasteiger partial charge in [-0.05, 0) is 84.9 Å². The van der Waals surface area contributed by atoms with E-state index < -0.39 is 0 Å². The molecule has 0 saturated heterocycles. The molecule has 3 aromatic carbocycles. The second-order valence-corrected chi connectivity index (χ2v) is 14.4. The Kier molecular flexibility index (Phi) is 5.80. The molecule has 2 aliphatic carbocycles. The van der Waals surface area contributed by atoms with Gasteiger partial charge in [0.05, 0.1) is 0 Å². The van der Waals surface area contributed by atoms with Gasteiger partial charge in [-0.2, -0.15) is 0 Å². The van der Waals surface area contributed by atoms with Gasteiger partial charge in [0.15, 0.2) is 0 Å². The van der Waals surface area contributed by atoms with Gasteiger partial charge in [-0.25, -0.2) is 0 Å². The van der Waals surface area contributed by atoms with Crippen molar-refractivity contribution < 1.29 is 0 Å². The zero-order chi connectivity index (χ0) is 27.0. The molecule has 5 rings (SSSR count). The van der Waals surface area contributed by atoms with Crippen molar-refractivity contribution in [1.29, 1.82) is 0 Å². The molecule has 3 aromatic rings. The molecule has 0 unspecified atom stereocenters. The highest BCUT2D eigenvalue weighted by atomic mass is 14.5. The Morgan fingerprint density at radius 3 is 2.03 bits per heavy atom. The predicted octanol–water partition coefficient (Wildman–Crippen LogP) is 10.5. The maximum Gasteiger partial charge on any atom is 0.0171 e. The minimum atomic E-state index is -0.0465. The van der Waals surface area contributed by atoms with Crippen LogP contribution in [0.1, 0.15) is 90.1 Å². The lowest BCUT2D eigenvalue weighted by Crippen LogP contribution is -2.44. The van der Waals surface area contributed by atoms with E-state index in [1.807, 2.05) is 0 Å². The van der Waals surface area contributed by atoms with Crippen molar-refractivity contribution in [1.82, 2.24) is 0 Å². The van der Waals surface area contributed by atoms with E-state index in [9.17, 15) is 0 Å². The number of hydrogen-bond donors (Lipinski definition) is 0. The first-order valence-electron chi connectivity index (χ1n) is 13.9. The Morgan fingerprint density at radius 2 is 1.38 bits per heavy atom. The Morgan fingerprint density at radius 1 is 0.730 bits per heavy atom. The second-order valence-electron chi connectivity index (χ2n) is 14.4. The minimum Gasteiger partial charge on any atom is -0.0728 e.